The van der Waals surface area contributed by atoms with E-state index in [-0.39, 0.29) is 17.0 Å². The van der Waals surface area contributed by atoms with Crippen molar-refractivity contribution in [3.63, 3.8) is 0 Å². The number of aromatic nitrogens is 3. The average Bonchev–Trinajstić information content (AvgIpc) is 3.01. The van der Waals surface area contributed by atoms with Crippen LogP contribution in [0.15, 0.2) is 36.5 Å². The Hall–Kier alpha value is -2.75. The topological polar surface area (TPSA) is 149 Å². The molecule has 0 saturated heterocycles. The van der Waals surface area contributed by atoms with Gasteiger partial charge in [-0.2, -0.15) is 0 Å². The number of carbonyl (C=O) groups is 1. The number of phenols is 1. The second-order valence-electron chi connectivity index (χ2n) is 5.58. The third kappa shape index (κ3) is 2.64. The Balaban J connectivity index is 2.04. The van der Waals surface area contributed by atoms with Crippen LogP contribution in [0.25, 0.3) is 11.3 Å². The molecule has 1 aliphatic rings. The molecule has 3 rings (SSSR count). The fourth-order valence-corrected chi connectivity index (χ4v) is 2.59. The summed E-state index contributed by atoms with van der Waals surface area (Å²) < 4.78 is 1.24. The van der Waals surface area contributed by atoms with Crippen LogP contribution in [-0.4, -0.2) is 64.3 Å². The smallest absolute Gasteiger partial charge is 0.339 e. The fourth-order valence-electron chi connectivity index (χ4n) is 2.59. The normalized spacial score (nSPS) is 26.9. The maximum Gasteiger partial charge on any atom is 0.339 e. The van der Waals surface area contributed by atoms with Crippen molar-refractivity contribution < 1.29 is 30.3 Å². The van der Waals surface area contributed by atoms with Gasteiger partial charge in [0.2, 0.25) is 0 Å². The first-order valence-electron chi connectivity index (χ1n) is 7.07. The van der Waals surface area contributed by atoms with Gasteiger partial charge in [-0.3, -0.25) is 0 Å². The van der Waals surface area contributed by atoms with Gasteiger partial charge < -0.3 is 25.5 Å². The van der Waals surface area contributed by atoms with Crippen molar-refractivity contribution in [3.05, 3.63) is 42.2 Å². The third-order valence-corrected chi connectivity index (χ3v) is 3.89. The average molecular weight is 333 g/mol. The number of hydrogen-bond acceptors (Lipinski definition) is 7. The number of aromatic hydroxyl groups is 1. The molecule has 5 N–H and O–H groups in total. The molecule has 9 heteroatoms. The molecule has 1 aromatic carbocycles. The lowest BCUT2D eigenvalue weighted by molar-refractivity contribution is -0.157. The number of rotatable bonds is 3. The van der Waals surface area contributed by atoms with E-state index in [1.165, 1.54) is 16.9 Å². The second-order valence-corrected chi connectivity index (χ2v) is 5.58. The Kier molecular flexibility index (Phi) is 3.84. The summed E-state index contributed by atoms with van der Waals surface area (Å²) in [5.41, 5.74) is -1.96. The predicted molar refractivity (Wildman–Crippen MR) is 80.2 cm³/mol. The second kappa shape index (κ2) is 5.71. The number of carboxylic acid groups (broad SMARTS) is 1. The number of aliphatic carboxylic acids is 1. The van der Waals surface area contributed by atoms with Gasteiger partial charge in [0.05, 0.1) is 12.3 Å². The largest absolute Gasteiger partial charge is 0.506 e. The zero-order valence-corrected chi connectivity index (χ0v) is 12.3. The van der Waals surface area contributed by atoms with E-state index in [1.54, 1.807) is 18.2 Å². The minimum Gasteiger partial charge on any atom is -0.506 e. The van der Waals surface area contributed by atoms with Gasteiger partial charge in [0, 0.05) is 12.0 Å². The van der Waals surface area contributed by atoms with Gasteiger partial charge in [0.1, 0.15) is 23.2 Å². The Morgan fingerprint density at radius 2 is 2.00 bits per heavy atom. The molecule has 0 radical (unpaired) electrons. The highest BCUT2D eigenvalue weighted by atomic mass is 16.4. The van der Waals surface area contributed by atoms with Gasteiger partial charge in [-0.25, -0.2) is 9.48 Å². The first kappa shape index (κ1) is 16.1. The number of benzene rings is 1. The molecule has 0 bridgehead atoms. The van der Waals surface area contributed by atoms with Crippen LogP contribution in [0, 0.1) is 0 Å². The Morgan fingerprint density at radius 1 is 1.29 bits per heavy atom. The maximum atomic E-state index is 11.2. The lowest BCUT2D eigenvalue weighted by atomic mass is 9.82. The highest BCUT2D eigenvalue weighted by Crippen LogP contribution is 2.33. The molecule has 9 nitrogen and oxygen atoms in total. The molecule has 126 valence electrons. The van der Waals surface area contributed by atoms with Crippen LogP contribution < -0.4 is 0 Å². The molecule has 3 atom stereocenters. The number of para-hydroxylation sites is 2. The minimum atomic E-state index is -2.31. The van der Waals surface area contributed by atoms with Gasteiger partial charge >= 0.3 is 5.97 Å². The number of carboxylic acids is 1. The standard InChI is InChI=1S/C15H15N3O6/c19-11-4-2-1-3-10(11)18-7-9(16-17-18)8-5-15(24,14(22)23)6-12(20)13(8)21/h1-5,7,12-13,19-21,24H,6H2,(H,22,23)/t12-,13-,15+/m1/s1. The zero-order chi connectivity index (χ0) is 17.5. The van der Waals surface area contributed by atoms with Crippen LogP contribution in [0.3, 0.4) is 0 Å². The lowest BCUT2D eigenvalue weighted by Gasteiger charge is -2.32. The number of aliphatic hydroxyl groups is 3. The highest BCUT2D eigenvalue weighted by Gasteiger charge is 2.44. The first-order valence-corrected chi connectivity index (χ1v) is 7.07. The summed E-state index contributed by atoms with van der Waals surface area (Å²) in [7, 11) is 0. The summed E-state index contributed by atoms with van der Waals surface area (Å²) in [5, 5.41) is 56.6. The van der Waals surface area contributed by atoms with Gasteiger partial charge in [0.25, 0.3) is 0 Å². The molecule has 0 spiro atoms. The molecule has 0 saturated carbocycles. The van der Waals surface area contributed by atoms with Crippen LogP contribution in [0.2, 0.25) is 0 Å². The monoisotopic (exact) mass is 333 g/mol. The van der Waals surface area contributed by atoms with Crippen molar-refractivity contribution >= 4 is 11.5 Å². The van der Waals surface area contributed by atoms with Crippen molar-refractivity contribution in [3.8, 4) is 11.4 Å². The van der Waals surface area contributed by atoms with Crippen LogP contribution in [0.5, 0.6) is 5.75 Å². The Labute approximate surface area is 135 Å². The molecule has 1 aromatic heterocycles. The van der Waals surface area contributed by atoms with Gasteiger partial charge in [-0.05, 0) is 18.2 Å². The summed E-state index contributed by atoms with van der Waals surface area (Å²) in [6, 6.07) is 6.35. The van der Waals surface area contributed by atoms with Crippen molar-refractivity contribution in [2.75, 3.05) is 0 Å². The van der Waals surface area contributed by atoms with E-state index in [0.717, 1.165) is 6.08 Å². The summed E-state index contributed by atoms with van der Waals surface area (Å²) in [6.07, 6.45) is -1.13. The molecule has 0 aliphatic heterocycles. The van der Waals surface area contributed by atoms with Crippen LogP contribution in [0.4, 0.5) is 0 Å². The van der Waals surface area contributed by atoms with E-state index in [4.69, 9.17) is 5.11 Å². The van der Waals surface area contributed by atoms with Crippen LogP contribution in [0.1, 0.15) is 12.1 Å². The highest BCUT2D eigenvalue weighted by molar-refractivity contribution is 5.85. The summed E-state index contributed by atoms with van der Waals surface area (Å²) in [5.74, 6) is -1.59. The summed E-state index contributed by atoms with van der Waals surface area (Å²) in [6.45, 7) is 0. The predicted octanol–water partition coefficient (Wildman–Crippen LogP) is -0.703. The lowest BCUT2D eigenvalue weighted by Crippen LogP contribution is -2.47. The third-order valence-electron chi connectivity index (χ3n) is 3.89. The molecule has 0 fully saturated rings. The van der Waals surface area contributed by atoms with E-state index in [0.29, 0.717) is 5.69 Å². The van der Waals surface area contributed by atoms with Crippen molar-refractivity contribution in [2.45, 2.75) is 24.2 Å². The SMILES string of the molecule is O=C(O)[C@]1(O)C=C(c2cn(-c3ccccc3O)nn2)[C@@H](O)[C@H](O)C1. The number of hydrogen-bond donors (Lipinski definition) is 5. The zero-order valence-electron chi connectivity index (χ0n) is 12.3. The number of phenolic OH excluding ortho intramolecular Hbond substituents is 1. The molecule has 0 amide bonds. The van der Waals surface area contributed by atoms with E-state index in [1.807, 2.05) is 0 Å². The minimum absolute atomic E-state index is 0.0470. The van der Waals surface area contributed by atoms with Gasteiger partial charge in [-0.15, -0.1) is 5.10 Å². The van der Waals surface area contributed by atoms with Gasteiger partial charge in [-0.1, -0.05) is 17.3 Å². The van der Waals surface area contributed by atoms with E-state index < -0.39 is 30.2 Å². The van der Waals surface area contributed by atoms with E-state index >= 15 is 0 Å². The summed E-state index contributed by atoms with van der Waals surface area (Å²) >= 11 is 0. The molecule has 2 aromatic rings. The molecule has 1 aliphatic carbocycles. The van der Waals surface area contributed by atoms with E-state index in [9.17, 15) is 25.2 Å². The molecular weight excluding hydrogens is 318 g/mol. The first-order chi connectivity index (χ1) is 11.3. The maximum absolute atomic E-state index is 11.2. The Bertz CT molecular complexity index is 817. The molecule has 24 heavy (non-hydrogen) atoms. The van der Waals surface area contributed by atoms with Crippen molar-refractivity contribution in [1.82, 2.24) is 15.0 Å². The quantitative estimate of drug-likeness (QED) is 0.495. The number of nitrogens with zero attached hydrogens (tertiary/aromatic N) is 3. The van der Waals surface area contributed by atoms with Crippen molar-refractivity contribution in [1.29, 1.82) is 0 Å². The van der Waals surface area contributed by atoms with Crippen LogP contribution >= 0.6 is 0 Å². The fraction of sp³-hybridized carbons (Fsp3) is 0.267. The van der Waals surface area contributed by atoms with Gasteiger partial charge in [0.15, 0.2) is 5.60 Å². The number of aliphatic hydroxyl groups excluding tert-OH is 2. The van der Waals surface area contributed by atoms with E-state index in [2.05, 4.69) is 10.3 Å². The molecule has 0 unspecified atom stereocenters. The summed E-state index contributed by atoms with van der Waals surface area (Å²) in [4.78, 5) is 11.2. The molecule has 1 heterocycles. The Morgan fingerprint density at radius 3 is 2.67 bits per heavy atom. The van der Waals surface area contributed by atoms with Crippen molar-refractivity contribution in [2.24, 2.45) is 0 Å². The van der Waals surface area contributed by atoms with Crippen LogP contribution in [-0.2, 0) is 4.79 Å². The molecular formula is C15H15N3O6.